The van der Waals surface area contributed by atoms with Gasteiger partial charge >= 0.3 is 12.1 Å². The first-order valence-corrected chi connectivity index (χ1v) is 11.3. The first kappa shape index (κ1) is 23.9. The molecule has 1 aliphatic heterocycles. The van der Waals surface area contributed by atoms with Crippen LogP contribution < -0.4 is 0 Å². The van der Waals surface area contributed by atoms with E-state index in [0.717, 1.165) is 36.0 Å². The Kier molecular flexibility index (Phi) is 6.44. The zero-order valence-corrected chi connectivity index (χ0v) is 18.8. The Balaban J connectivity index is 1.54. The summed E-state index contributed by atoms with van der Waals surface area (Å²) in [5, 5.41) is 9.64. The summed E-state index contributed by atoms with van der Waals surface area (Å²) < 4.78 is 52.3. The third-order valence-electron chi connectivity index (χ3n) is 5.85. The molecule has 1 aromatic heterocycles. The van der Waals surface area contributed by atoms with Crippen LogP contribution in [0.5, 0.6) is 0 Å². The monoisotopic (exact) mass is 492 g/mol. The summed E-state index contributed by atoms with van der Waals surface area (Å²) in [4.78, 5) is 31.0. The molecule has 1 amide bonds. The van der Waals surface area contributed by atoms with Crippen molar-refractivity contribution in [1.82, 2.24) is 9.88 Å². The van der Waals surface area contributed by atoms with Gasteiger partial charge in [0.05, 0.1) is 16.8 Å². The highest BCUT2D eigenvalue weighted by Crippen LogP contribution is 2.34. The maximum Gasteiger partial charge on any atom is 0.416 e. The van der Waals surface area contributed by atoms with Crippen LogP contribution in [-0.4, -0.2) is 40.0 Å². The van der Waals surface area contributed by atoms with Gasteiger partial charge in [0.2, 0.25) is 0 Å². The zero-order chi connectivity index (χ0) is 24.6. The molecule has 0 spiro atoms. The van der Waals surface area contributed by atoms with E-state index in [1.165, 1.54) is 18.2 Å². The van der Waals surface area contributed by atoms with E-state index in [1.807, 2.05) is 0 Å². The summed E-state index contributed by atoms with van der Waals surface area (Å²) in [6.07, 6.45) is -3.01. The average Bonchev–Trinajstić information content (AvgIpc) is 3.20. The Bertz CT molecular complexity index is 1240. The minimum atomic E-state index is -4.43. The summed E-state index contributed by atoms with van der Waals surface area (Å²) in [5.74, 6) is -2.53. The number of amides is 1. The topological polar surface area (TPSA) is 70.5 Å². The smallest absolute Gasteiger partial charge is 0.416 e. The van der Waals surface area contributed by atoms with E-state index in [4.69, 9.17) is 0 Å². The Morgan fingerprint density at radius 3 is 2.50 bits per heavy atom. The van der Waals surface area contributed by atoms with E-state index in [-0.39, 0.29) is 11.8 Å². The quantitative estimate of drug-likeness (QED) is 0.454. The highest BCUT2D eigenvalue weighted by molar-refractivity contribution is 7.17. The second-order valence-electron chi connectivity index (χ2n) is 8.14. The van der Waals surface area contributed by atoms with Crippen molar-refractivity contribution >= 4 is 23.2 Å². The second kappa shape index (κ2) is 9.17. The van der Waals surface area contributed by atoms with Gasteiger partial charge in [0.25, 0.3) is 5.91 Å². The number of likely N-dealkylation sites (tertiary alicyclic amines) is 1. The van der Waals surface area contributed by atoms with Gasteiger partial charge in [-0.2, -0.15) is 13.2 Å². The molecule has 5 nitrogen and oxygen atoms in total. The molecule has 10 heteroatoms. The SMILES string of the molecule is Cc1nc(-c2ccc(C(F)(F)F)cc2)sc1C(=O)N1CCCC(c2ccc(F)c(C(=O)O)c2)C1. The molecule has 1 N–H and O–H groups in total. The van der Waals surface area contributed by atoms with E-state index in [1.54, 1.807) is 17.9 Å². The molecular formula is C24H20F4N2O3S. The van der Waals surface area contributed by atoms with Gasteiger partial charge in [-0.1, -0.05) is 18.2 Å². The summed E-state index contributed by atoms with van der Waals surface area (Å²) in [7, 11) is 0. The molecule has 3 aromatic rings. The number of alkyl halides is 3. The molecule has 1 aliphatic rings. The van der Waals surface area contributed by atoms with Crippen LogP contribution in [0, 0.1) is 12.7 Å². The fraction of sp³-hybridized carbons (Fsp3) is 0.292. The maximum absolute atomic E-state index is 13.8. The molecule has 2 aromatic carbocycles. The summed E-state index contributed by atoms with van der Waals surface area (Å²) in [6, 6.07) is 8.62. The number of nitrogens with zero attached hydrogens (tertiary/aromatic N) is 2. The minimum absolute atomic E-state index is 0.140. The lowest BCUT2D eigenvalue weighted by Gasteiger charge is -2.33. The van der Waals surface area contributed by atoms with Gasteiger partial charge in [0.15, 0.2) is 0 Å². The Hall–Kier alpha value is -3.27. The van der Waals surface area contributed by atoms with Crippen molar-refractivity contribution in [2.45, 2.75) is 31.9 Å². The van der Waals surface area contributed by atoms with Gasteiger partial charge in [-0.25, -0.2) is 14.2 Å². The Morgan fingerprint density at radius 2 is 1.85 bits per heavy atom. The van der Waals surface area contributed by atoms with Crippen molar-refractivity contribution in [1.29, 1.82) is 0 Å². The number of piperidine rings is 1. The summed E-state index contributed by atoms with van der Waals surface area (Å²) in [6.45, 7) is 2.53. The van der Waals surface area contributed by atoms with Crippen molar-refractivity contribution in [3.8, 4) is 10.6 Å². The van der Waals surface area contributed by atoms with Crippen molar-refractivity contribution < 1.29 is 32.3 Å². The van der Waals surface area contributed by atoms with Crippen molar-refractivity contribution in [2.75, 3.05) is 13.1 Å². The fourth-order valence-electron chi connectivity index (χ4n) is 4.06. The minimum Gasteiger partial charge on any atom is -0.478 e. The lowest BCUT2D eigenvalue weighted by Crippen LogP contribution is -2.39. The third kappa shape index (κ3) is 4.82. The van der Waals surface area contributed by atoms with Crippen LogP contribution in [0.1, 0.15) is 55.6 Å². The molecule has 2 heterocycles. The number of hydrogen-bond donors (Lipinski definition) is 1. The second-order valence-corrected chi connectivity index (χ2v) is 9.14. The lowest BCUT2D eigenvalue weighted by molar-refractivity contribution is -0.137. The number of hydrogen-bond acceptors (Lipinski definition) is 4. The lowest BCUT2D eigenvalue weighted by atomic mass is 9.89. The first-order chi connectivity index (χ1) is 16.0. The number of carbonyl (C=O) groups is 2. The van der Waals surface area contributed by atoms with Crippen LogP contribution >= 0.6 is 11.3 Å². The van der Waals surface area contributed by atoms with Gasteiger partial charge in [-0.15, -0.1) is 11.3 Å². The van der Waals surface area contributed by atoms with E-state index in [9.17, 15) is 32.3 Å². The number of benzene rings is 2. The van der Waals surface area contributed by atoms with Crippen molar-refractivity contribution in [3.63, 3.8) is 0 Å². The molecule has 0 bridgehead atoms. The Morgan fingerprint density at radius 1 is 1.15 bits per heavy atom. The van der Waals surface area contributed by atoms with Gasteiger partial charge < -0.3 is 10.0 Å². The molecule has 0 radical (unpaired) electrons. The van der Waals surface area contributed by atoms with Crippen LogP contribution in [0.15, 0.2) is 42.5 Å². The van der Waals surface area contributed by atoms with Crippen molar-refractivity contribution in [3.05, 3.63) is 75.5 Å². The van der Waals surface area contributed by atoms with Gasteiger partial charge in [-0.3, -0.25) is 4.79 Å². The number of aromatic nitrogens is 1. The van der Waals surface area contributed by atoms with Crippen LogP contribution in [0.4, 0.5) is 17.6 Å². The molecule has 1 fully saturated rings. The normalized spacial score (nSPS) is 16.5. The number of aromatic carboxylic acids is 1. The highest BCUT2D eigenvalue weighted by atomic mass is 32.1. The fourth-order valence-corrected chi connectivity index (χ4v) is 5.10. The average molecular weight is 492 g/mol. The molecule has 1 atom stereocenters. The van der Waals surface area contributed by atoms with Gasteiger partial charge in [0, 0.05) is 24.6 Å². The van der Waals surface area contributed by atoms with E-state index in [0.29, 0.717) is 46.2 Å². The third-order valence-corrected chi connectivity index (χ3v) is 7.05. The molecule has 4 rings (SSSR count). The number of aryl methyl sites for hydroxylation is 1. The van der Waals surface area contributed by atoms with Gasteiger partial charge in [0.1, 0.15) is 15.7 Å². The number of thiazole rings is 1. The number of rotatable bonds is 4. The number of carbonyl (C=O) groups excluding carboxylic acids is 1. The molecule has 0 saturated carbocycles. The number of carboxylic acid groups (broad SMARTS) is 1. The predicted molar refractivity (Wildman–Crippen MR) is 119 cm³/mol. The van der Waals surface area contributed by atoms with Gasteiger partial charge in [-0.05, 0) is 49.6 Å². The van der Waals surface area contributed by atoms with E-state index in [2.05, 4.69) is 4.98 Å². The molecule has 1 unspecified atom stereocenters. The predicted octanol–water partition coefficient (Wildman–Crippen LogP) is 5.99. The molecular weight excluding hydrogens is 472 g/mol. The molecule has 34 heavy (non-hydrogen) atoms. The standard InChI is InChI=1S/C24H20F4N2O3S/c1-13-20(34-21(29-13)14-4-7-17(8-5-14)24(26,27)28)22(31)30-10-2-3-16(12-30)15-6-9-19(25)18(11-15)23(32)33/h4-9,11,16H,2-3,10,12H2,1H3,(H,32,33). The summed E-state index contributed by atoms with van der Waals surface area (Å²) >= 11 is 1.12. The Labute approximate surface area is 196 Å². The van der Waals surface area contributed by atoms with Crippen molar-refractivity contribution in [2.24, 2.45) is 0 Å². The molecule has 1 saturated heterocycles. The van der Waals surface area contributed by atoms with E-state index < -0.39 is 29.1 Å². The van der Waals surface area contributed by atoms with Crippen LogP contribution in [0.25, 0.3) is 10.6 Å². The van der Waals surface area contributed by atoms with Crippen LogP contribution in [0.2, 0.25) is 0 Å². The summed E-state index contributed by atoms with van der Waals surface area (Å²) in [5.41, 5.74) is 0.474. The highest BCUT2D eigenvalue weighted by Gasteiger charge is 2.31. The number of carboxylic acids is 1. The van der Waals surface area contributed by atoms with Crippen LogP contribution in [0.3, 0.4) is 0 Å². The number of halogens is 4. The first-order valence-electron chi connectivity index (χ1n) is 10.5. The largest absolute Gasteiger partial charge is 0.478 e. The maximum atomic E-state index is 13.8. The van der Waals surface area contributed by atoms with E-state index >= 15 is 0 Å². The van der Waals surface area contributed by atoms with Crippen LogP contribution in [-0.2, 0) is 6.18 Å². The zero-order valence-electron chi connectivity index (χ0n) is 18.0. The molecule has 0 aliphatic carbocycles. The molecule has 178 valence electrons.